The number of hydrogen-bond acceptors (Lipinski definition) is 21. The predicted octanol–water partition coefficient (Wildman–Crippen LogP) is 17.9. The van der Waals surface area contributed by atoms with Crippen LogP contribution < -0.4 is 43.0 Å². The fourth-order valence-corrected chi connectivity index (χ4v) is 19.1. The van der Waals surface area contributed by atoms with Crippen molar-refractivity contribution < 1.29 is 66.7 Å². The maximum atomic E-state index is 13.3. The Kier molecular flexibility index (Phi) is 51.0. The van der Waals surface area contributed by atoms with E-state index in [4.69, 9.17) is 88.7 Å². The summed E-state index contributed by atoms with van der Waals surface area (Å²) in [6.07, 6.45) is 36.3. The number of alkyl carbamates (subject to hydrolysis) is 3. The van der Waals surface area contributed by atoms with Gasteiger partial charge in [-0.1, -0.05) is 168 Å². The third-order valence-electron chi connectivity index (χ3n) is 24.2. The number of nitrogens with two attached hydrogens (primary N) is 1. The van der Waals surface area contributed by atoms with Gasteiger partial charge in [-0.2, -0.15) is 0 Å². The second kappa shape index (κ2) is 60.6. The molecule has 2 aromatic heterocycles. The van der Waals surface area contributed by atoms with Crippen LogP contribution in [-0.2, 0) is 37.9 Å². The number of piperidine rings is 3. The Hall–Kier alpha value is -7.89. The molecule has 3 aromatic carbocycles. The largest absolute Gasteiger partial charge is 0.453 e. The molecule has 3 aliphatic heterocycles. The first kappa shape index (κ1) is 111. The molecule has 5 heterocycles. The fourth-order valence-electron chi connectivity index (χ4n) is 17.9. The van der Waals surface area contributed by atoms with E-state index in [1.54, 1.807) is 70.5 Å². The van der Waals surface area contributed by atoms with Gasteiger partial charge < -0.3 is 100 Å². The van der Waals surface area contributed by atoms with Gasteiger partial charge in [-0.3, -0.25) is 9.13 Å². The average Bonchev–Trinajstić information content (AvgIpc) is 0.950. The number of benzene rings is 3. The summed E-state index contributed by atoms with van der Waals surface area (Å²) in [5, 5.41) is 25.0. The molecule has 0 unspecified atom stereocenters. The number of likely N-dealkylation sites (N-methyl/N-ethyl adjacent to an activating group) is 3. The van der Waals surface area contributed by atoms with Crippen molar-refractivity contribution in [2.24, 2.45) is 41.2 Å². The SMILES string of the molecule is CN(C[C@@H](N)CC1CCCCC1)C(=O)OC(C)(C)C.CNC[C@H](CC1CCCCC1)NC(=O)N1CCC[C@@H]([C@@H](OCCNC(=O)OC)c2cccc(Cl)c2)C1.COC(=O)NCCO[C@@H](c1cccc(Cl)c1)[C@@H]1CCCN(C(=S)N[C@@H](CC2CCCCC2)CN(C)C(=O)OC(C)(C)C)C1.COC(=O)NCCO[C@@H](c1cccc(Cl)c1)[C@@H]1CCCNC1.S=C(n1ccnc1)n1ccnc1. The lowest BCUT2D eigenvalue weighted by Crippen LogP contribution is -2.53. The Bertz CT molecular complexity index is 4120. The Balaban J connectivity index is 0.000000239. The monoisotopic (exact) mass is 1940 g/mol. The van der Waals surface area contributed by atoms with E-state index in [1.807, 2.05) is 126 Å². The van der Waals surface area contributed by atoms with Crippen LogP contribution in [0.15, 0.2) is 110 Å². The molecule has 3 saturated carbocycles. The molecule has 3 saturated heterocycles. The normalized spacial score (nSPS) is 18.7. The predicted molar refractivity (Wildman–Crippen MR) is 529 cm³/mol. The minimum atomic E-state index is -0.549. The van der Waals surface area contributed by atoms with Crippen molar-refractivity contribution in [3.63, 3.8) is 0 Å². The van der Waals surface area contributed by atoms with E-state index in [9.17, 15) is 28.8 Å². The second-order valence-corrected chi connectivity index (χ2v) is 39.4. The number of nitrogens with zero attached hydrogens (tertiary/aromatic N) is 8. The smallest absolute Gasteiger partial charge is 0.410 e. The molecule has 30 nitrogen and oxygen atoms in total. The molecule has 11 rings (SSSR count). The third-order valence-corrected chi connectivity index (χ3v) is 25.7. The molecule has 7 amide bonds. The molecule has 9 N–H and O–H groups in total. The van der Waals surface area contributed by atoms with Crippen LogP contribution in [0.2, 0.25) is 15.1 Å². The zero-order valence-corrected chi connectivity index (χ0v) is 84.1. The van der Waals surface area contributed by atoms with Gasteiger partial charge >= 0.3 is 36.5 Å². The van der Waals surface area contributed by atoms with Crippen molar-refractivity contribution in [3.8, 4) is 0 Å². The summed E-state index contributed by atoms with van der Waals surface area (Å²) in [6.45, 7) is 20.3. The molecule has 9 atom stereocenters. The summed E-state index contributed by atoms with van der Waals surface area (Å²) in [5.74, 6) is 2.77. The minimum absolute atomic E-state index is 0.00737. The van der Waals surface area contributed by atoms with Crippen LogP contribution in [0, 0.1) is 35.5 Å². The highest BCUT2D eigenvalue weighted by molar-refractivity contribution is 7.80. The van der Waals surface area contributed by atoms with E-state index in [0.29, 0.717) is 102 Å². The number of urea groups is 1. The van der Waals surface area contributed by atoms with Crippen molar-refractivity contribution in [1.82, 2.24) is 75.9 Å². The third kappa shape index (κ3) is 43.0. The maximum absolute atomic E-state index is 13.3. The van der Waals surface area contributed by atoms with Crippen LogP contribution in [0.25, 0.3) is 0 Å². The van der Waals surface area contributed by atoms with Crippen molar-refractivity contribution in [1.29, 1.82) is 0 Å². The Morgan fingerprint density at radius 1 is 0.515 bits per heavy atom. The first-order chi connectivity index (χ1) is 63.3. The molecule has 6 aliphatic rings. The number of imidazole rings is 2. The highest BCUT2D eigenvalue weighted by atomic mass is 35.5. The Morgan fingerprint density at radius 2 is 0.909 bits per heavy atom. The molecule has 3 aliphatic carbocycles. The van der Waals surface area contributed by atoms with Crippen LogP contribution in [0.5, 0.6) is 0 Å². The summed E-state index contributed by atoms with van der Waals surface area (Å²) in [6, 6.07) is 23.5. The van der Waals surface area contributed by atoms with Gasteiger partial charge in [-0.15, -0.1) is 0 Å². The lowest BCUT2D eigenvalue weighted by atomic mass is 9.84. The quantitative estimate of drug-likeness (QED) is 0.0113. The summed E-state index contributed by atoms with van der Waals surface area (Å²) >= 11 is 29.9. The number of hydrogen-bond donors (Lipinski definition) is 8. The van der Waals surface area contributed by atoms with Crippen LogP contribution in [0.4, 0.5) is 28.8 Å². The summed E-state index contributed by atoms with van der Waals surface area (Å²) in [7, 11) is 9.52. The molecule has 0 bridgehead atoms. The molecule has 35 heteroatoms. The number of methoxy groups -OCH3 is 3. The number of nitrogens with one attached hydrogen (secondary N) is 7. The first-order valence-electron chi connectivity index (χ1n) is 47.5. The van der Waals surface area contributed by atoms with Crippen LogP contribution in [0.3, 0.4) is 0 Å². The van der Waals surface area contributed by atoms with Gasteiger partial charge in [0.1, 0.15) is 23.9 Å². The molecule has 738 valence electrons. The number of aromatic nitrogens is 4. The number of halogens is 3. The molecule has 6 fully saturated rings. The van der Waals surface area contributed by atoms with E-state index in [2.05, 4.69) is 66.3 Å². The Morgan fingerprint density at radius 3 is 1.30 bits per heavy atom. The highest BCUT2D eigenvalue weighted by Gasteiger charge is 2.36. The average molecular weight is 1940 g/mol. The number of rotatable bonds is 32. The lowest BCUT2D eigenvalue weighted by molar-refractivity contribution is -0.00865. The van der Waals surface area contributed by atoms with E-state index in [1.165, 1.54) is 118 Å². The standard InChI is InChI=1S/C32H51ClN4O5S.C27H43ClN4O4.C16H23ClN2O3.C15H30N2O2.C7H6N4S/c1-32(2,3)42-31(39)36(4)22-27(19-23-11-7-6-8-12-23)35-29(43)37-17-10-14-25(21-37)28(24-13-9-15-26(33)20-24)41-18-16-34-30(38)40-5;1-29-18-24(16-20-8-4-3-5-9-20)31-26(33)32-14-7-11-22(19-32)25(21-10-6-12-23(28)17-21)36-15-13-30-27(34)35-2;1-21-16(20)19-8-9-22-15(13-5-3-7-18-11-13)12-4-2-6-14(17)10-12;1-15(2,3)19-14(18)17(4)11-13(16)10-12-8-6-5-7-9-12;12-7(10-3-1-8-5-10)11-4-2-9-6-11/h9,13,15,20,23,25,27-28H,6-8,10-12,14,16-19,21-22H2,1-5H3,(H,34,38)(H,35,43);6,10,12,17,20,22,24-25,29H,3-5,7-9,11,13-16,18-19H2,1-2H3,(H,30,34)(H,31,33);2,4,6,10,13,15,18H,3,5,7-9,11H2,1H3,(H,19,20);12-13H,5-11,16H2,1-4H3;1-6H/t25-,27+,28+;22-,24+,25+;13-,15+;13-;/m1110./s1. The summed E-state index contributed by atoms with van der Waals surface area (Å²) in [5.41, 5.74) is 8.24. The van der Waals surface area contributed by atoms with Crippen molar-refractivity contribution in [2.45, 2.75) is 243 Å². The van der Waals surface area contributed by atoms with Crippen LogP contribution >= 0.6 is 59.2 Å². The van der Waals surface area contributed by atoms with Gasteiger partial charge in [0.05, 0.1) is 59.5 Å². The zero-order chi connectivity index (χ0) is 95.8. The zero-order valence-electron chi connectivity index (χ0n) is 80.2. The summed E-state index contributed by atoms with van der Waals surface area (Å²) < 4.78 is 47.0. The van der Waals surface area contributed by atoms with Crippen molar-refractivity contribution in [2.75, 3.05) is 141 Å². The molecule has 0 radical (unpaired) electrons. The van der Waals surface area contributed by atoms with E-state index in [-0.39, 0.29) is 66.5 Å². The number of likely N-dealkylation sites (tertiary alicyclic amines) is 2. The Labute approximate surface area is 810 Å². The topological polar surface area (TPSA) is 335 Å². The van der Waals surface area contributed by atoms with Gasteiger partial charge in [0.2, 0.25) is 0 Å². The number of carbonyl (C=O) groups excluding carboxylic acids is 6. The summed E-state index contributed by atoms with van der Waals surface area (Å²) in [4.78, 5) is 87.1. The first-order valence-corrected chi connectivity index (χ1v) is 49.4. The van der Waals surface area contributed by atoms with Gasteiger partial charge in [-0.25, -0.2) is 38.7 Å². The van der Waals surface area contributed by atoms with Gasteiger partial charge in [-0.05, 0) is 208 Å². The number of amides is 7. The van der Waals surface area contributed by atoms with Crippen molar-refractivity contribution >= 4 is 106 Å². The molecule has 5 aromatic rings. The minimum Gasteiger partial charge on any atom is -0.453 e. The number of ether oxygens (including phenoxy) is 8. The van der Waals surface area contributed by atoms with E-state index in [0.717, 1.165) is 120 Å². The molecule has 0 spiro atoms. The van der Waals surface area contributed by atoms with Crippen LogP contribution in [0.1, 0.15) is 231 Å². The molecular weight excluding hydrogens is 1780 g/mol. The van der Waals surface area contributed by atoms with E-state index < -0.39 is 29.5 Å². The molecular formula is C97H153Cl3N16O14S2. The lowest BCUT2D eigenvalue weighted by Gasteiger charge is -2.40. The van der Waals surface area contributed by atoms with E-state index >= 15 is 0 Å². The number of carbonyl (C=O) groups is 6. The van der Waals surface area contributed by atoms with Crippen LogP contribution in [-0.4, -0.2) is 256 Å². The van der Waals surface area contributed by atoms with Gasteiger partial charge in [0, 0.05) is 162 Å². The molecule has 132 heavy (non-hydrogen) atoms. The maximum Gasteiger partial charge on any atom is 0.410 e. The van der Waals surface area contributed by atoms with Gasteiger partial charge in [0.15, 0.2) is 10.2 Å². The number of thiocarbonyl (C=S) groups is 2. The highest BCUT2D eigenvalue weighted by Crippen LogP contribution is 2.38. The van der Waals surface area contributed by atoms with Gasteiger partial charge in [0.25, 0.3) is 0 Å². The van der Waals surface area contributed by atoms with Crippen molar-refractivity contribution in [3.05, 3.63) is 142 Å². The fraction of sp³-hybridized carbons (Fsp3) is 0.670. The second-order valence-electron chi connectivity index (χ2n) is 37.4.